The number of nitrogens with one attached hydrogen (secondary N) is 1. The number of hydrogen-bond donors (Lipinski definition) is 2. The number of methoxy groups -OCH3 is 1. The SMILES string of the molecule is COc1ccc(C(=O)O)cc1NCc1ccc([N+](=O)[O-])cc1. The van der Waals surface area contributed by atoms with E-state index in [9.17, 15) is 14.9 Å². The molecule has 7 heteroatoms. The second kappa shape index (κ2) is 6.57. The van der Waals surface area contributed by atoms with E-state index in [1.807, 2.05) is 0 Å². The third kappa shape index (κ3) is 3.51. The Morgan fingerprint density at radius 2 is 1.95 bits per heavy atom. The fourth-order valence-electron chi connectivity index (χ4n) is 1.91. The van der Waals surface area contributed by atoms with E-state index in [-0.39, 0.29) is 11.3 Å². The summed E-state index contributed by atoms with van der Waals surface area (Å²) in [5.74, 6) is -0.507. The van der Waals surface area contributed by atoms with E-state index in [2.05, 4.69) is 5.32 Å². The lowest BCUT2D eigenvalue weighted by atomic mass is 10.1. The van der Waals surface area contributed by atoms with Crippen molar-refractivity contribution < 1.29 is 19.6 Å². The van der Waals surface area contributed by atoms with Crippen molar-refractivity contribution in [3.05, 3.63) is 63.7 Å². The van der Waals surface area contributed by atoms with Crippen LogP contribution in [0, 0.1) is 10.1 Å². The lowest BCUT2D eigenvalue weighted by Gasteiger charge is -2.12. The fraction of sp³-hybridized carbons (Fsp3) is 0.133. The zero-order valence-corrected chi connectivity index (χ0v) is 11.8. The number of nitro groups is 1. The van der Waals surface area contributed by atoms with Gasteiger partial charge >= 0.3 is 5.97 Å². The Bertz CT molecular complexity index is 698. The minimum absolute atomic E-state index is 0.0224. The van der Waals surface area contributed by atoms with Gasteiger partial charge in [0, 0.05) is 18.7 Å². The Morgan fingerprint density at radius 1 is 1.27 bits per heavy atom. The summed E-state index contributed by atoms with van der Waals surface area (Å²) >= 11 is 0. The molecule has 0 radical (unpaired) electrons. The Labute approximate surface area is 126 Å². The molecule has 0 heterocycles. The molecule has 114 valence electrons. The summed E-state index contributed by atoms with van der Waals surface area (Å²) in [7, 11) is 1.49. The first-order valence-electron chi connectivity index (χ1n) is 6.40. The van der Waals surface area contributed by atoms with Gasteiger partial charge in [-0.15, -0.1) is 0 Å². The zero-order valence-electron chi connectivity index (χ0n) is 11.8. The van der Waals surface area contributed by atoms with Crippen molar-refractivity contribution in [2.24, 2.45) is 0 Å². The molecule has 0 saturated heterocycles. The summed E-state index contributed by atoms with van der Waals surface area (Å²) in [6.07, 6.45) is 0. The van der Waals surface area contributed by atoms with Crippen LogP contribution in [0.3, 0.4) is 0 Å². The fourth-order valence-corrected chi connectivity index (χ4v) is 1.91. The van der Waals surface area contributed by atoms with E-state index in [1.165, 1.54) is 31.4 Å². The molecule has 0 aliphatic heterocycles. The average molecular weight is 302 g/mol. The van der Waals surface area contributed by atoms with Gasteiger partial charge in [-0.1, -0.05) is 12.1 Å². The summed E-state index contributed by atoms with van der Waals surface area (Å²) in [4.78, 5) is 21.1. The molecular weight excluding hydrogens is 288 g/mol. The number of rotatable bonds is 6. The van der Waals surface area contributed by atoms with E-state index in [4.69, 9.17) is 9.84 Å². The van der Waals surface area contributed by atoms with Crippen molar-refractivity contribution in [1.29, 1.82) is 0 Å². The van der Waals surface area contributed by atoms with E-state index in [1.54, 1.807) is 18.2 Å². The minimum Gasteiger partial charge on any atom is -0.495 e. The van der Waals surface area contributed by atoms with Gasteiger partial charge in [0.15, 0.2) is 0 Å². The normalized spacial score (nSPS) is 10.0. The predicted octanol–water partition coefficient (Wildman–Crippen LogP) is 2.91. The van der Waals surface area contributed by atoms with Crippen LogP contribution in [0.2, 0.25) is 0 Å². The van der Waals surface area contributed by atoms with Gasteiger partial charge < -0.3 is 15.2 Å². The number of ether oxygens (including phenoxy) is 1. The number of non-ortho nitro benzene ring substituents is 1. The molecule has 0 aromatic heterocycles. The number of aromatic carboxylic acids is 1. The molecule has 0 aliphatic rings. The first-order chi connectivity index (χ1) is 10.5. The number of carboxylic acids is 1. The van der Waals surface area contributed by atoms with E-state index >= 15 is 0 Å². The van der Waals surface area contributed by atoms with Crippen LogP contribution in [0.15, 0.2) is 42.5 Å². The molecule has 0 amide bonds. The van der Waals surface area contributed by atoms with E-state index < -0.39 is 10.9 Å². The highest BCUT2D eigenvalue weighted by Gasteiger charge is 2.09. The quantitative estimate of drug-likeness (QED) is 0.628. The number of benzene rings is 2. The van der Waals surface area contributed by atoms with Crippen molar-refractivity contribution in [2.45, 2.75) is 6.54 Å². The predicted molar refractivity (Wildman–Crippen MR) is 80.4 cm³/mol. The van der Waals surface area contributed by atoms with Crippen LogP contribution in [-0.4, -0.2) is 23.1 Å². The first kappa shape index (κ1) is 15.3. The molecule has 0 spiro atoms. The molecule has 0 saturated carbocycles. The number of anilines is 1. The molecule has 22 heavy (non-hydrogen) atoms. The highest BCUT2D eigenvalue weighted by Crippen LogP contribution is 2.26. The van der Waals surface area contributed by atoms with Crippen molar-refractivity contribution >= 4 is 17.3 Å². The van der Waals surface area contributed by atoms with Gasteiger partial charge in [-0.2, -0.15) is 0 Å². The standard InChI is InChI=1S/C15H14N2O5/c1-22-14-7-4-11(15(18)19)8-13(14)16-9-10-2-5-12(6-3-10)17(20)21/h2-8,16H,9H2,1H3,(H,18,19). The smallest absolute Gasteiger partial charge is 0.335 e. The third-order valence-electron chi connectivity index (χ3n) is 3.08. The largest absolute Gasteiger partial charge is 0.495 e. The van der Waals surface area contributed by atoms with Gasteiger partial charge in [0.2, 0.25) is 0 Å². The molecule has 0 aliphatic carbocycles. The Hall–Kier alpha value is -3.09. The van der Waals surface area contributed by atoms with Crippen LogP contribution < -0.4 is 10.1 Å². The van der Waals surface area contributed by atoms with Gasteiger partial charge in [-0.3, -0.25) is 10.1 Å². The second-order valence-corrected chi connectivity index (χ2v) is 4.50. The van der Waals surface area contributed by atoms with Gasteiger partial charge in [0.25, 0.3) is 5.69 Å². The van der Waals surface area contributed by atoms with Crippen LogP contribution in [0.5, 0.6) is 5.75 Å². The zero-order chi connectivity index (χ0) is 16.1. The van der Waals surface area contributed by atoms with Crippen molar-refractivity contribution in [3.8, 4) is 5.75 Å². The first-order valence-corrected chi connectivity index (χ1v) is 6.40. The number of carboxylic acid groups (broad SMARTS) is 1. The summed E-state index contributed by atoms with van der Waals surface area (Å²) in [5, 5.41) is 22.7. The Balaban J connectivity index is 2.14. The summed E-state index contributed by atoms with van der Waals surface area (Å²) < 4.78 is 5.17. The van der Waals surface area contributed by atoms with Crippen LogP contribution in [0.25, 0.3) is 0 Å². The van der Waals surface area contributed by atoms with Gasteiger partial charge in [0.05, 0.1) is 23.3 Å². The van der Waals surface area contributed by atoms with Crippen LogP contribution >= 0.6 is 0 Å². The van der Waals surface area contributed by atoms with Crippen molar-refractivity contribution in [3.63, 3.8) is 0 Å². The van der Waals surface area contributed by atoms with Crippen LogP contribution in [0.4, 0.5) is 11.4 Å². The van der Waals surface area contributed by atoms with E-state index in [0.29, 0.717) is 18.0 Å². The number of carbonyl (C=O) groups is 1. The molecule has 2 aromatic rings. The minimum atomic E-state index is -1.03. The molecule has 0 fully saturated rings. The molecule has 0 bridgehead atoms. The van der Waals surface area contributed by atoms with Gasteiger partial charge in [0.1, 0.15) is 5.75 Å². The van der Waals surface area contributed by atoms with Gasteiger partial charge in [-0.05, 0) is 23.8 Å². The third-order valence-corrected chi connectivity index (χ3v) is 3.08. The molecule has 7 nitrogen and oxygen atoms in total. The van der Waals surface area contributed by atoms with Crippen LogP contribution in [-0.2, 0) is 6.54 Å². The number of nitro benzene ring substituents is 1. The summed E-state index contributed by atoms with van der Waals surface area (Å²) in [6.45, 7) is 0.386. The van der Waals surface area contributed by atoms with Crippen molar-refractivity contribution in [1.82, 2.24) is 0 Å². The molecule has 2 rings (SSSR count). The van der Waals surface area contributed by atoms with Crippen LogP contribution in [0.1, 0.15) is 15.9 Å². The summed E-state index contributed by atoms with van der Waals surface area (Å²) in [5.41, 5.74) is 1.54. The number of hydrogen-bond acceptors (Lipinski definition) is 5. The monoisotopic (exact) mass is 302 g/mol. The maximum absolute atomic E-state index is 11.0. The Kier molecular flexibility index (Phi) is 4.57. The molecule has 2 aromatic carbocycles. The summed E-state index contributed by atoms with van der Waals surface area (Å²) in [6, 6.07) is 10.6. The maximum Gasteiger partial charge on any atom is 0.335 e. The molecule has 0 atom stereocenters. The highest BCUT2D eigenvalue weighted by atomic mass is 16.6. The lowest BCUT2D eigenvalue weighted by Crippen LogP contribution is -2.04. The number of nitrogens with zero attached hydrogens (tertiary/aromatic N) is 1. The highest BCUT2D eigenvalue weighted by molar-refractivity contribution is 5.89. The van der Waals surface area contributed by atoms with Gasteiger partial charge in [-0.25, -0.2) is 4.79 Å². The van der Waals surface area contributed by atoms with E-state index in [0.717, 1.165) is 5.56 Å². The lowest BCUT2D eigenvalue weighted by molar-refractivity contribution is -0.384. The topological polar surface area (TPSA) is 102 Å². The maximum atomic E-state index is 11.0. The van der Waals surface area contributed by atoms with Crippen molar-refractivity contribution in [2.75, 3.05) is 12.4 Å². The molecule has 2 N–H and O–H groups in total. The average Bonchev–Trinajstić information content (AvgIpc) is 2.52. The second-order valence-electron chi connectivity index (χ2n) is 4.50. The molecule has 0 unspecified atom stereocenters. The molecular formula is C15H14N2O5. The Morgan fingerprint density at radius 3 is 2.50 bits per heavy atom.